The second-order valence-electron chi connectivity index (χ2n) is 4.19. The third-order valence-electron chi connectivity index (χ3n) is 2.80. The van der Waals surface area contributed by atoms with Crippen molar-refractivity contribution in [2.45, 2.75) is 19.9 Å². The fourth-order valence-corrected chi connectivity index (χ4v) is 1.72. The van der Waals surface area contributed by atoms with Crippen molar-refractivity contribution in [2.75, 3.05) is 0 Å². The van der Waals surface area contributed by atoms with Gasteiger partial charge in [0.1, 0.15) is 11.7 Å². The lowest BCUT2D eigenvalue weighted by Crippen LogP contribution is -2.34. The summed E-state index contributed by atoms with van der Waals surface area (Å²) in [5.74, 6) is -1.09. The quantitative estimate of drug-likeness (QED) is 0.557. The van der Waals surface area contributed by atoms with Crippen molar-refractivity contribution >= 4 is 11.7 Å². The molecule has 0 aromatic carbocycles. The van der Waals surface area contributed by atoms with Gasteiger partial charge in [0.25, 0.3) is 0 Å². The summed E-state index contributed by atoms with van der Waals surface area (Å²) in [5.41, 5.74) is 0.934. The average Bonchev–Trinajstić information content (AvgIpc) is 2.42. The van der Waals surface area contributed by atoms with Crippen LogP contribution in [0.4, 0.5) is 0 Å². The summed E-state index contributed by atoms with van der Waals surface area (Å²) in [6.45, 7) is 9.01. The zero-order chi connectivity index (χ0) is 14.3. The number of carbonyl (C=O) groups is 2. The van der Waals surface area contributed by atoms with E-state index in [-0.39, 0.29) is 11.7 Å². The molecule has 0 aliphatic heterocycles. The highest BCUT2D eigenvalue weighted by atomic mass is 16.2. The van der Waals surface area contributed by atoms with E-state index in [4.69, 9.17) is 0 Å². The molecule has 100 valence electrons. The molecule has 1 atom stereocenters. The van der Waals surface area contributed by atoms with Crippen LogP contribution in [0.5, 0.6) is 0 Å². The molecule has 0 saturated carbocycles. The molecule has 1 amide bonds. The summed E-state index contributed by atoms with van der Waals surface area (Å²) in [7, 11) is 0. The number of allylic oxidation sites excluding steroid dienone is 1. The summed E-state index contributed by atoms with van der Waals surface area (Å²) in [5, 5.41) is 0. The SMILES string of the molecule is C=CCC(C(C)=O)C(=O)N(C=C)Cc1ccncc1. The van der Waals surface area contributed by atoms with Crippen molar-refractivity contribution in [3.8, 4) is 0 Å². The van der Waals surface area contributed by atoms with Gasteiger partial charge in [0, 0.05) is 12.4 Å². The van der Waals surface area contributed by atoms with E-state index in [9.17, 15) is 9.59 Å². The predicted octanol–water partition coefficient (Wildman–Crippen LogP) is 2.33. The van der Waals surface area contributed by atoms with Crippen LogP contribution >= 0.6 is 0 Å². The highest BCUT2D eigenvalue weighted by Crippen LogP contribution is 2.13. The Morgan fingerprint density at radius 1 is 1.37 bits per heavy atom. The Bertz CT molecular complexity index is 468. The molecule has 1 aromatic rings. The van der Waals surface area contributed by atoms with Crippen LogP contribution in [0.15, 0.2) is 50.0 Å². The molecule has 1 unspecified atom stereocenters. The maximum Gasteiger partial charge on any atom is 0.237 e. The molecule has 0 aliphatic rings. The molecule has 0 N–H and O–H groups in total. The van der Waals surface area contributed by atoms with E-state index in [1.54, 1.807) is 18.5 Å². The largest absolute Gasteiger partial charge is 0.315 e. The third-order valence-corrected chi connectivity index (χ3v) is 2.80. The smallest absolute Gasteiger partial charge is 0.237 e. The van der Waals surface area contributed by atoms with Crippen molar-refractivity contribution in [1.82, 2.24) is 9.88 Å². The Morgan fingerprint density at radius 3 is 2.47 bits per heavy atom. The number of aromatic nitrogens is 1. The summed E-state index contributed by atoms with van der Waals surface area (Å²) < 4.78 is 0. The fraction of sp³-hybridized carbons (Fsp3) is 0.267. The first kappa shape index (κ1) is 14.8. The molecule has 19 heavy (non-hydrogen) atoms. The molecule has 0 radical (unpaired) electrons. The Hall–Kier alpha value is -2.23. The van der Waals surface area contributed by atoms with Gasteiger partial charge in [-0.3, -0.25) is 14.6 Å². The topological polar surface area (TPSA) is 50.3 Å². The second-order valence-corrected chi connectivity index (χ2v) is 4.19. The molecule has 0 aliphatic carbocycles. The van der Waals surface area contributed by atoms with E-state index in [1.807, 2.05) is 12.1 Å². The van der Waals surface area contributed by atoms with E-state index in [0.717, 1.165) is 5.56 Å². The van der Waals surface area contributed by atoms with Gasteiger partial charge in [-0.15, -0.1) is 6.58 Å². The lowest BCUT2D eigenvalue weighted by atomic mass is 9.99. The maximum atomic E-state index is 12.3. The van der Waals surface area contributed by atoms with Gasteiger partial charge in [-0.05, 0) is 37.2 Å². The number of ketones is 1. The van der Waals surface area contributed by atoms with E-state index in [1.165, 1.54) is 18.0 Å². The molecule has 0 bridgehead atoms. The van der Waals surface area contributed by atoms with Gasteiger partial charge < -0.3 is 4.90 Å². The second kappa shape index (κ2) is 7.26. The highest BCUT2D eigenvalue weighted by Gasteiger charge is 2.25. The van der Waals surface area contributed by atoms with Gasteiger partial charge in [0.2, 0.25) is 5.91 Å². The Morgan fingerprint density at radius 2 is 2.00 bits per heavy atom. The van der Waals surface area contributed by atoms with Crippen LogP contribution in [0.2, 0.25) is 0 Å². The first-order valence-corrected chi connectivity index (χ1v) is 6.03. The van der Waals surface area contributed by atoms with Crippen molar-refractivity contribution in [2.24, 2.45) is 5.92 Å². The molecule has 1 heterocycles. The monoisotopic (exact) mass is 258 g/mol. The molecule has 0 spiro atoms. The van der Waals surface area contributed by atoms with E-state index in [2.05, 4.69) is 18.1 Å². The summed E-state index contributed by atoms with van der Waals surface area (Å²) in [4.78, 5) is 29.2. The summed E-state index contributed by atoms with van der Waals surface area (Å²) >= 11 is 0. The van der Waals surface area contributed by atoms with Crippen LogP contribution in [-0.2, 0) is 16.1 Å². The van der Waals surface area contributed by atoms with Gasteiger partial charge in [-0.25, -0.2) is 0 Å². The first-order valence-electron chi connectivity index (χ1n) is 6.03. The van der Waals surface area contributed by atoms with Crippen LogP contribution in [0.3, 0.4) is 0 Å². The standard InChI is InChI=1S/C15H18N2O2/c1-4-6-14(12(3)18)15(19)17(5-2)11-13-7-9-16-10-8-13/h4-5,7-10,14H,1-2,6,11H2,3H3. The zero-order valence-electron chi connectivity index (χ0n) is 11.1. The van der Waals surface area contributed by atoms with Gasteiger partial charge in [0.05, 0.1) is 6.54 Å². The van der Waals surface area contributed by atoms with E-state index >= 15 is 0 Å². The molecule has 0 fully saturated rings. The van der Waals surface area contributed by atoms with Gasteiger partial charge in [-0.2, -0.15) is 0 Å². The lowest BCUT2D eigenvalue weighted by molar-refractivity contribution is -0.138. The number of amides is 1. The first-order chi connectivity index (χ1) is 9.10. The maximum absolute atomic E-state index is 12.3. The third kappa shape index (κ3) is 4.17. The number of carbonyl (C=O) groups excluding carboxylic acids is 2. The number of rotatable bonds is 7. The van der Waals surface area contributed by atoms with Crippen molar-refractivity contribution in [1.29, 1.82) is 0 Å². The van der Waals surface area contributed by atoms with Crippen molar-refractivity contribution < 1.29 is 9.59 Å². The fourth-order valence-electron chi connectivity index (χ4n) is 1.72. The molecular formula is C15H18N2O2. The normalized spacial score (nSPS) is 11.4. The van der Waals surface area contributed by atoms with E-state index in [0.29, 0.717) is 13.0 Å². The Balaban J connectivity index is 2.83. The number of nitrogens with zero attached hydrogens (tertiary/aromatic N) is 2. The molecule has 1 aromatic heterocycles. The van der Waals surface area contributed by atoms with Crippen molar-refractivity contribution in [3.05, 3.63) is 55.5 Å². The van der Waals surface area contributed by atoms with Gasteiger partial charge in [0.15, 0.2) is 0 Å². The zero-order valence-corrected chi connectivity index (χ0v) is 11.1. The summed E-state index contributed by atoms with van der Waals surface area (Å²) in [6.07, 6.45) is 6.69. The number of Topliss-reactive ketones (excluding diaryl/α,β-unsaturated/α-hetero) is 1. The molecule has 1 rings (SSSR count). The van der Waals surface area contributed by atoms with Crippen LogP contribution in [0, 0.1) is 5.92 Å². The van der Waals surface area contributed by atoms with Gasteiger partial charge in [-0.1, -0.05) is 12.7 Å². The highest BCUT2D eigenvalue weighted by molar-refractivity contribution is 6.00. The molecule has 4 nitrogen and oxygen atoms in total. The number of pyridine rings is 1. The minimum absolute atomic E-state index is 0.161. The van der Waals surface area contributed by atoms with Crippen LogP contribution in [0.1, 0.15) is 18.9 Å². The Kier molecular flexibility index (Phi) is 5.67. The predicted molar refractivity (Wildman–Crippen MR) is 74.0 cm³/mol. The van der Waals surface area contributed by atoms with E-state index < -0.39 is 5.92 Å². The number of hydrogen-bond acceptors (Lipinski definition) is 3. The van der Waals surface area contributed by atoms with Gasteiger partial charge >= 0.3 is 0 Å². The minimum atomic E-state index is -0.683. The van der Waals surface area contributed by atoms with Crippen LogP contribution in [-0.4, -0.2) is 21.6 Å². The Labute approximate surface area is 113 Å². The molecule has 4 heteroatoms. The van der Waals surface area contributed by atoms with Crippen molar-refractivity contribution in [3.63, 3.8) is 0 Å². The van der Waals surface area contributed by atoms with Crippen LogP contribution < -0.4 is 0 Å². The molecule has 0 saturated heterocycles. The van der Waals surface area contributed by atoms with Crippen LogP contribution in [0.25, 0.3) is 0 Å². The average molecular weight is 258 g/mol. The lowest BCUT2D eigenvalue weighted by Gasteiger charge is -2.22. The summed E-state index contributed by atoms with van der Waals surface area (Å²) in [6, 6.07) is 3.64. The molecular weight excluding hydrogens is 240 g/mol. The number of hydrogen-bond donors (Lipinski definition) is 0. The minimum Gasteiger partial charge on any atom is -0.315 e.